The summed E-state index contributed by atoms with van der Waals surface area (Å²) in [7, 11) is 0. The Morgan fingerprint density at radius 3 is 2.78 bits per heavy atom. The van der Waals surface area contributed by atoms with Crippen molar-refractivity contribution in [1.82, 2.24) is 9.80 Å². The fourth-order valence-corrected chi connectivity index (χ4v) is 4.27. The summed E-state index contributed by atoms with van der Waals surface area (Å²) >= 11 is 0. The predicted molar refractivity (Wildman–Crippen MR) is 102 cm³/mol. The molecule has 1 aromatic carbocycles. The van der Waals surface area contributed by atoms with Gasteiger partial charge in [-0.3, -0.25) is 9.69 Å². The number of aliphatic hydroxyl groups is 1. The number of likely N-dealkylation sites (tertiary alicyclic amines) is 1. The monoisotopic (exact) mass is 366 g/mol. The van der Waals surface area contributed by atoms with Crippen molar-refractivity contribution in [3.05, 3.63) is 35.4 Å². The molecule has 1 fully saturated rings. The molecule has 0 aliphatic carbocycles. The third-order valence-electron chi connectivity index (χ3n) is 6.03. The molecule has 0 bridgehead atoms. The maximum Gasteiger partial charge on any atom is 0.222 e. The van der Waals surface area contributed by atoms with Crippen LogP contribution >= 0.6 is 0 Å². The number of fused-ring (bicyclic) bond motifs is 1. The molecule has 1 saturated heterocycles. The Hall–Kier alpha value is -2.23. The van der Waals surface area contributed by atoms with Gasteiger partial charge in [0, 0.05) is 51.9 Å². The van der Waals surface area contributed by atoms with Crippen LogP contribution in [0.2, 0.25) is 0 Å². The van der Waals surface area contributed by atoms with E-state index in [9.17, 15) is 9.90 Å². The second-order valence-electron chi connectivity index (χ2n) is 7.81. The SMILES string of the molecule is C#CCCC1(CCC(=O)N2C[C@@H](O)[C@H](N3CCc4ccccc4C3)C2)N=N1. The van der Waals surface area contributed by atoms with Gasteiger partial charge in [0.05, 0.1) is 12.1 Å². The number of hydrogen-bond donors (Lipinski definition) is 1. The Labute approximate surface area is 160 Å². The number of nitrogens with zero attached hydrogens (tertiary/aromatic N) is 4. The van der Waals surface area contributed by atoms with E-state index in [1.807, 2.05) is 0 Å². The molecule has 0 radical (unpaired) electrons. The molecule has 0 spiro atoms. The van der Waals surface area contributed by atoms with E-state index in [-0.39, 0.29) is 11.9 Å². The molecule has 0 aromatic heterocycles. The molecule has 1 amide bonds. The van der Waals surface area contributed by atoms with Gasteiger partial charge in [0.2, 0.25) is 5.91 Å². The first-order valence-electron chi connectivity index (χ1n) is 9.74. The van der Waals surface area contributed by atoms with Gasteiger partial charge in [-0.1, -0.05) is 24.3 Å². The summed E-state index contributed by atoms with van der Waals surface area (Å²) in [5.41, 5.74) is 2.30. The first-order valence-corrected chi connectivity index (χ1v) is 9.74. The van der Waals surface area contributed by atoms with Gasteiger partial charge < -0.3 is 10.0 Å². The normalized spacial score (nSPS) is 25.9. The molecular formula is C21H26N4O2. The number of carbonyl (C=O) groups is 1. The molecule has 142 valence electrons. The zero-order chi connectivity index (χ0) is 18.9. The highest BCUT2D eigenvalue weighted by molar-refractivity contribution is 5.76. The molecule has 2 atom stereocenters. The fourth-order valence-electron chi connectivity index (χ4n) is 4.27. The number of benzene rings is 1. The highest BCUT2D eigenvalue weighted by Gasteiger charge is 2.42. The number of terminal acetylenes is 1. The van der Waals surface area contributed by atoms with Crippen LogP contribution in [0, 0.1) is 12.3 Å². The quantitative estimate of drug-likeness (QED) is 0.783. The summed E-state index contributed by atoms with van der Waals surface area (Å²) in [4.78, 5) is 16.8. The predicted octanol–water partition coefficient (Wildman–Crippen LogP) is 1.97. The van der Waals surface area contributed by atoms with Crippen LogP contribution in [0.1, 0.15) is 36.8 Å². The Morgan fingerprint density at radius 2 is 2.04 bits per heavy atom. The first-order chi connectivity index (χ1) is 13.1. The van der Waals surface area contributed by atoms with Crippen LogP contribution in [0.15, 0.2) is 34.5 Å². The number of β-amino-alcohol motifs (C(OH)–C–C–N with tert-alkyl or cyclic N) is 1. The molecule has 3 heterocycles. The lowest BCUT2D eigenvalue weighted by Crippen LogP contribution is -2.45. The van der Waals surface area contributed by atoms with Gasteiger partial charge in [-0.25, -0.2) is 0 Å². The van der Waals surface area contributed by atoms with Crippen molar-refractivity contribution in [2.45, 2.75) is 56.5 Å². The Balaban J connectivity index is 1.31. The third kappa shape index (κ3) is 3.90. The van der Waals surface area contributed by atoms with Crippen LogP contribution in [-0.4, -0.2) is 58.3 Å². The Morgan fingerprint density at radius 1 is 1.26 bits per heavy atom. The highest BCUT2D eigenvalue weighted by atomic mass is 16.3. The topological polar surface area (TPSA) is 68.5 Å². The van der Waals surface area contributed by atoms with E-state index in [4.69, 9.17) is 6.42 Å². The molecular weight excluding hydrogens is 340 g/mol. The summed E-state index contributed by atoms with van der Waals surface area (Å²) < 4.78 is 0. The molecule has 4 rings (SSSR count). The number of aliphatic hydroxyl groups excluding tert-OH is 1. The van der Waals surface area contributed by atoms with Crippen molar-refractivity contribution in [3.8, 4) is 12.3 Å². The number of carbonyl (C=O) groups excluding carboxylic acids is 1. The minimum atomic E-state index is -0.495. The maximum absolute atomic E-state index is 12.6. The van der Waals surface area contributed by atoms with E-state index in [2.05, 4.69) is 45.3 Å². The summed E-state index contributed by atoms with van der Waals surface area (Å²) in [6, 6.07) is 8.48. The lowest BCUT2D eigenvalue weighted by molar-refractivity contribution is -0.130. The van der Waals surface area contributed by atoms with E-state index in [0.29, 0.717) is 32.4 Å². The minimum Gasteiger partial charge on any atom is -0.390 e. The Bertz CT molecular complexity index is 779. The summed E-state index contributed by atoms with van der Waals surface area (Å²) in [5.74, 6) is 2.68. The van der Waals surface area contributed by atoms with Crippen LogP contribution in [-0.2, 0) is 17.8 Å². The van der Waals surface area contributed by atoms with Crippen molar-refractivity contribution in [2.24, 2.45) is 10.2 Å². The van der Waals surface area contributed by atoms with Crippen molar-refractivity contribution < 1.29 is 9.90 Å². The minimum absolute atomic E-state index is 0.00741. The van der Waals surface area contributed by atoms with Crippen LogP contribution < -0.4 is 0 Å². The molecule has 1 aromatic rings. The van der Waals surface area contributed by atoms with Crippen LogP contribution in [0.4, 0.5) is 0 Å². The van der Waals surface area contributed by atoms with Gasteiger partial charge in [-0.2, -0.15) is 10.2 Å². The number of amides is 1. The second-order valence-corrected chi connectivity index (χ2v) is 7.81. The van der Waals surface area contributed by atoms with Gasteiger partial charge >= 0.3 is 0 Å². The number of hydrogen-bond acceptors (Lipinski definition) is 5. The fraction of sp³-hybridized carbons (Fsp3) is 0.571. The van der Waals surface area contributed by atoms with Gasteiger partial charge in [0.25, 0.3) is 0 Å². The molecule has 3 aliphatic rings. The summed E-state index contributed by atoms with van der Waals surface area (Å²) in [6.45, 7) is 2.77. The summed E-state index contributed by atoms with van der Waals surface area (Å²) in [5, 5.41) is 18.8. The summed E-state index contributed by atoms with van der Waals surface area (Å²) in [6.07, 6.45) is 8.17. The third-order valence-corrected chi connectivity index (χ3v) is 6.03. The van der Waals surface area contributed by atoms with Crippen molar-refractivity contribution >= 4 is 5.91 Å². The lowest BCUT2D eigenvalue weighted by Gasteiger charge is -2.34. The van der Waals surface area contributed by atoms with E-state index >= 15 is 0 Å². The van der Waals surface area contributed by atoms with Crippen LogP contribution in [0.3, 0.4) is 0 Å². The average Bonchev–Trinajstić information content (AvgIpc) is 3.37. The van der Waals surface area contributed by atoms with Gasteiger partial charge in [-0.15, -0.1) is 12.3 Å². The first kappa shape index (κ1) is 18.1. The zero-order valence-electron chi connectivity index (χ0n) is 15.5. The second kappa shape index (κ2) is 7.41. The molecule has 3 aliphatic heterocycles. The molecule has 0 unspecified atom stereocenters. The van der Waals surface area contributed by atoms with E-state index in [1.54, 1.807) is 4.90 Å². The standard InChI is InChI=1S/C21H26N4O2/c1-2-3-10-21(22-23-21)11-8-20(27)25-14-18(19(26)15-25)24-12-9-16-6-4-5-7-17(16)13-24/h1,4-7,18-19,26H,3,8-15H2/t18-,19-/m1/s1. The average molecular weight is 366 g/mol. The molecule has 1 N–H and O–H groups in total. The van der Waals surface area contributed by atoms with Crippen LogP contribution in [0.5, 0.6) is 0 Å². The van der Waals surface area contributed by atoms with Crippen molar-refractivity contribution in [1.29, 1.82) is 0 Å². The van der Waals surface area contributed by atoms with Crippen molar-refractivity contribution in [2.75, 3.05) is 19.6 Å². The van der Waals surface area contributed by atoms with E-state index in [1.165, 1.54) is 11.1 Å². The smallest absolute Gasteiger partial charge is 0.222 e. The number of rotatable bonds is 6. The van der Waals surface area contributed by atoms with Crippen molar-refractivity contribution in [3.63, 3.8) is 0 Å². The largest absolute Gasteiger partial charge is 0.390 e. The van der Waals surface area contributed by atoms with E-state index in [0.717, 1.165) is 25.9 Å². The lowest BCUT2D eigenvalue weighted by atomic mass is 9.98. The molecule has 6 nitrogen and oxygen atoms in total. The molecule has 6 heteroatoms. The highest BCUT2D eigenvalue weighted by Crippen LogP contribution is 2.38. The Kier molecular flexibility index (Phi) is 4.98. The van der Waals surface area contributed by atoms with Gasteiger partial charge in [0.1, 0.15) is 0 Å². The van der Waals surface area contributed by atoms with Gasteiger partial charge in [0.15, 0.2) is 5.66 Å². The van der Waals surface area contributed by atoms with Gasteiger partial charge in [-0.05, 0) is 17.5 Å². The molecule has 0 saturated carbocycles. The molecule has 27 heavy (non-hydrogen) atoms. The zero-order valence-corrected chi connectivity index (χ0v) is 15.5. The maximum atomic E-state index is 12.6. The van der Waals surface area contributed by atoms with E-state index < -0.39 is 11.8 Å². The van der Waals surface area contributed by atoms with Crippen LogP contribution in [0.25, 0.3) is 0 Å².